The Morgan fingerprint density at radius 1 is 1.07 bits per heavy atom. The lowest BCUT2D eigenvalue weighted by Gasteiger charge is -2.17. The first-order chi connectivity index (χ1) is 19.5. The summed E-state index contributed by atoms with van der Waals surface area (Å²) in [6, 6.07) is 23.0. The molecule has 1 atom stereocenters. The number of hydrogen-bond acceptors (Lipinski definition) is 7. The maximum absolute atomic E-state index is 13.2. The minimum absolute atomic E-state index is 0.0459. The minimum Gasteiger partial charge on any atom is -0.497 e. The average Bonchev–Trinajstić information content (AvgIpc) is 3.71. The molecular formula is C30H32N6O3S. The van der Waals surface area contributed by atoms with Gasteiger partial charge in [-0.15, -0.1) is 11.3 Å². The van der Waals surface area contributed by atoms with Gasteiger partial charge in [-0.05, 0) is 56.7 Å². The molecule has 206 valence electrons. The summed E-state index contributed by atoms with van der Waals surface area (Å²) >= 11 is 1.52. The molecule has 4 heterocycles. The summed E-state index contributed by atoms with van der Waals surface area (Å²) in [5, 5.41) is 3.08. The topological polar surface area (TPSA) is 94.3 Å². The Morgan fingerprint density at radius 2 is 1.80 bits per heavy atom. The van der Waals surface area contributed by atoms with Crippen LogP contribution in [0.1, 0.15) is 29.4 Å². The maximum atomic E-state index is 13.2. The number of fused-ring (bicyclic) bond motifs is 1. The molecule has 1 amide bonds. The fraction of sp³-hybridized carbons (Fsp3) is 0.267. The van der Waals surface area contributed by atoms with E-state index in [0.717, 1.165) is 40.6 Å². The molecule has 1 N–H and O–H groups in total. The molecule has 0 saturated carbocycles. The zero-order valence-electron chi connectivity index (χ0n) is 22.8. The molecule has 0 unspecified atom stereocenters. The van der Waals surface area contributed by atoms with Crippen molar-refractivity contribution in [3.8, 4) is 11.4 Å². The standard InChI is InChI=1S/C23H24N6O2S.C7H8O/c1-3-28-15(2)20(23(31)29(28)17-7-5-4-6-8-17)21(30)25-16-11-12-27(13-16)19-10-9-18-22(26-19)32-14-24-18;1-8-7-5-3-2-4-6-7/h4-10,14,16H,3,11-13H2,1-2H3,(H,25,30);2-6H,1H3/t16-;/m0./s1. The molecule has 2 aromatic carbocycles. The third-order valence-electron chi connectivity index (χ3n) is 6.93. The van der Waals surface area contributed by atoms with E-state index in [1.165, 1.54) is 11.3 Å². The van der Waals surface area contributed by atoms with Gasteiger partial charge in [-0.2, -0.15) is 0 Å². The number of carbonyl (C=O) groups is 1. The number of benzene rings is 2. The highest BCUT2D eigenvalue weighted by Crippen LogP contribution is 2.23. The van der Waals surface area contributed by atoms with Crippen LogP contribution in [0.2, 0.25) is 0 Å². The molecule has 0 aliphatic carbocycles. The first kappa shape index (κ1) is 27.1. The van der Waals surface area contributed by atoms with E-state index in [1.54, 1.807) is 17.3 Å². The summed E-state index contributed by atoms with van der Waals surface area (Å²) in [5.74, 6) is 1.48. The van der Waals surface area contributed by atoms with Crippen molar-refractivity contribution >= 4 is 33.4 Å². The summed E-state index contributed by atoms with van der Waals surface area (Å²) in [6.07, 6.45) is 0.800. The average molecular weight is 557 g/mol. The van der Waals surface area contributed by atoms with E-state index in [1.807, 2.05) is 91.3 Å². The molecule has 1 fully saturated rings. The first-order valence-electron chi connectivity index (χ1n) is 13.2. The van der Waals surface area contributed by atoms with Crippen molar-refractivity contribution in [2.75, 3.05) is 25.1 Å². The predicted molar refractivity (Wildman–Crippen MR) is 159 cm³/mol. The Kier molecular flexibility index (Phi) is 8.26. The SMILES string of the molecule is CCn1c(C)c(C(=O)N[C@H]2CCN(c3ccc4ncsc4n3)C2)c(=O)n1-c1ccccc1.COc1ccccc1. The van der Waals surface area contributed by atoms with Gasteiger partial charge >= 0.3 is 0 Å². The number of amides is 1. The predicted octanol–water partition coefficient (Wildman–Crippen LogP) is 4.68. The van der Waals surface area contributed by atoms with Gasteiger partial charge < -0.3 is 15.0 Å². The number of rotatable bonds is 6. The van der Waals surface area contributed by atoms with Crippen LogP contribution in [-0.4, -0.2) is 51.5 Å². The molecule has 0 spiro atoms. The van der Waals surface area contributed by atoms with Gasteiger partial charge in [-0.25, -0.2) is 14.6 Å². The fourth-order valence-corrected chi connectivity index (χ4v) is 5.59. The Hall–Kier alpha value is -4.44. The van der Waals surface area contributed by atoms with Gasteiger partial charge in [-0.1, -0.05) is 36.4 Å². The van der Waals surface area contributed by atoms with Crippen LogP contribution >= 0.6 is 11.3 Å². The molecule has 40 heavy (non-hydrogen) atoms. The smallest absolute Gasteiger partial charge is 0.284 e. The first-order valence-corrected chi connectivity index (χ1v) is 14.1. The number of nitrogens with one attached hydrogen (secondary N) is 1. The number of ether oxygens (including phenoxy) is 1. The third-order valence-corrected chi connectivity index (χ3v) is 7.67. The van der Waals surface area contributed by atoms with Crippen molar-refractivity contribution < 1.29 is 9.53 Å². The number of carbonyl (C=O) groups excluding carboxylic acids is 1. The van der Waals surface area contributed by atoms with Gasteiger partial charge in [0.05, 0.1) is 24.0 Å². The van der Waals surface area contributed by atoms with Gasteiger partial charge in [0.15, 0.2) is 0 Å². The van der Waals surface area contributed by atoms with Crippen molar-refractivity contribution in [2.45, 2.75) is 32.9 Å². The molecule has 1 saturated heterocycles. The summed E-state index contributed by atoms with van der Waals surface area (Å²) in [5.41, 5.74) is 4.03. The lowest BCUT2D eigenvalue weighted by Crippen LogP contribution is -2.39. The van der Waals surface area contributed by atoms with Crippen LogP contribution < -0.4 is 20.5 Å². The van der Waals surface area contributed by atoms with Crippen molar-refractivity contribution in [1.29, 1.82) is 0 Å². The van der Waals surface area contributed by atoms with Crippen LogP contribution in [0.5, 0.6) is 5.75 Å². The van der Waals surface area contributed by atoms with Crippen LogP contribution in [-0.2, 0) is 6.54 Å². The second-order valence-electron chi connectivity index (χ2n) is 9.40. The van der Waals surface area contributed by atoms with Crippen molar-refractivity contribution in [3.63, 3.8) is 0 Å². The Balaban J connectivity index is 0.000000348. The van der Waals surface area contributed by atoms with E-state index >= 15 is 0 Å². The molecule has 3 aromatic heterocycles. The molecule has 10 heteroatoms. The van der Waals surface area contributed by atoms with E-state index in [4.69, 9.17) is 4.74 Å². The van der Waals surface area contributed by atoms with Gasteiger partial charge in [0.1, 0.15) is 27.5 Å². The van der Waals surface area contributed by atoms with Gasteiger partial charge in [0.2, 0.25) is 0 Å². The number of nitrogens with zero attached hydrogens (tertiary/aromatic N) is 5. The van der Waals surface area contributed by atoms with Crippen LogP contribution in [0, 0.1) is 6.92 Å². The van der Waals surface area contributed by atoms with Crippen LogP contribution in [0.15, 0.2) is 83.1 Å². The summed E-state index contributed by atoms with van der Waals surface area (Å²) in [6.45, 7) is 5.84. The van der Waals surface area contributed by atoms with Gasteiger partial charge in [0, 0.05) is 25.7 Å². The van der Waals surface area contributed by atoms with Crippen LogP contribution in [0.3, 0.4) is 0 Å². The zero-order chi connectivity index (χ0) is 28.1. The lowest BCUT2D eigenvalue weighted by molar-refractivity contribution is 0.0938. The number of thiazole rings is 1. The highest BCUT2D eigenvalue weighted by Gasteiger charge is 2.29. The highest BCUT2D eigenvalue weighted by atomic mass is 32.1. The number of pyridine rings is 1. The van der Waals surface area contributed by atoms with E-state index in [2.05, 4.69) is 20.2 Å². The van der Waals surface area contributed by atoms with E-state index in [0.29, 0.717) is 18.8 Å². The zero-order valence-corrected chi connectivity index (χ0v) is 23.6. The molecule has 6 rings (SSSR count). The quantitative estimate of drug-likeness (QED) is 0.327. The van der Waals surface area contributed by atoms with E-state index < -0.39 is 0 Å². The lowest BCUT2D eigenvalue weighted by atomic mass is 10.2. The third kappa shape index (κ3) is 5.62. The molecular weight excluding hydrogens is 524 g/mol. The van der Waals surface area contributed by atoms with Crippen LogP contribution in [0.4, 0.5) is 5.82 Å². The molecule has 0 radical (unpaired) electrons. The summed E-state index contributed by atoms with van der Waals surface area (Å²) in [4.78, 5) is 38.4. The van der Waals surface area contributed by atoms with Gasteiger partial charge in [0.25, 0.3) is 11.5 Å². The molecule has 0 bridgehead atoms. The number of hydrogen-bond donors (Lipinski definition) is 1. The highest BCUT2D eigenvalue weighted by molar-refractivity contribution is 7.16. The van der Waals surface area contributed by atoms with Gasteiger partial charge in [-0.3, -0.25) is 14.3 Å². The summed E-state index contributed by atoms with van der Waals surface area (Å²) in [7, 11) is 1.66. The molecule has 9 nitrogen and oxygen atoms in total. The monoisotopic (exact) mass is 556 g/mol. The maximum Gasteiger partial charge on any atom is 0.284 e. The second-order valence-corrected chi connectivity index (χ2v) is 10.2. The van der Waals surface area contributed by atoms with E-state index in [-0.39, 0.29) is 23.1 Å². The summed E-state index contributed by atoms with van der Waals surface area (Å²) < 4.78 is 8.35. The molecule has 1 aliphatic rings. The fourth-order valence-electron chi connectivity index (χ4n) is 4.93. The second kappa shape index (κ2) is 12.2. The van der Waals surface area contributed by atoms with E-state index in [9.17, 15) is 9.59 Å². The minimum atomic E-state index is -0.318. The largest absolute Gasteiger partial charge is 0.497 e. The molecule has 5 aromatic rings. The normalized spacial score (nSPS) is 14.6. The number of para-hydroxylation sites is 2. The Labute approximate surface area is 236 Å². The Bertz CT molecular complexity index is 1640. The van der Waals surface area contributed by atoms with Crippen molar-refractivity contribution in [3.05, 3.63) is 99.9 Å². The van der Waals surface area contributed by atoms with Crippen molar-refractivity contribution in [1.82, 2.24) is 24.6 Å². The van der Waals surface area contributed by atoms with Crippen molar-refractivity contribution in [2.24, 2.45) is 0 Å². The Morgan fingerprint density at radius 3 is 2.48 bits per heavy atom. The molecule has 1 aliphatic heterocycles. The number of anilines is 1. The number of aromatic nitrogens is 4. The van der Waals surface area contributed by atoms with Crippen LogP contribution in [0.25, 0.3) is 16.0 Å². The number of methoxy groups -OCH3 is 1.